The van der Waals surface area contributed by atoms with Gasteiger partial charge in [0.1, 0.15) is 13.2 Å². The lowest BCUT2D eigenvalue weighted by Crippen LogP contribution is -2.47. The molecule has 2 N–H and O–H groups in total. The number of nitrogens with one attached hydrogen (secondary N) is 2. The van der Waals surface area contributed by atoms with Crippen LogP contribution in [0, 0.1) is 0 Å². The number of fused-ring (bicyclic) bond motifs is 1. The number of hydrogen-bond donors (Lipinski definition) is 2. The Bertz CT molecular complexity index is 851. The predicted octanol–water partition coefficient (Wildman–Crippen LogP) is 1.32. The van der Waals surface area contributed by atoms with Crippen molar-refractivity contribution in [1.29, 1.82) is 0 Å². The van der Waals surface area contributed by atoms with Crippen molar-refractivity contribution < 1.29 is 19.1 Å². The van der Waals surface area contributed by atoms with Gasteiger partial charge >= 0.3 is 0 Å². The van der Waals surface area contributed by atoms with Gasteiger partial charge in [-0.2, -0.15) is 0 Å². The van der Waals surface area contributed by atoms with Crippen LogP contribution in [0.3, 0.4) is 0 Å². The molecular weight excluding hydrogens is 346 g/mol. The lowest BCUT2D eigenvalue weighted by atomic mass is 10.1. The molecular formula is C20H21N3O4. The van der Waals surface area contributed by atoms with Crippen molar-refractivity contribution >= 4 is 17.5 Å². The zero-order valence-corrected chi connectivity index (χ0v) is 14.9. The second-order valence-electron chi connectivity index (χ2n) is 6.48. The normalized spacial score (nSPS) is 15.9. The summed E-state index contributed by atoms with van der Waals surface area (Å²) < 4.78 is 11.0. The first kappa shape index (κ1) is 17.2. The van der Waals surface area contributed by atoms with Crippen molar-refractivity contribution in [2.24, 2.45) is 0 Å². The summed E-state index contributed by atoms with van der Waals surface area (Å²) in [5.74, 6) is 1.14. The van der Waals surface area contributed by atoms with Crippen LogP contribution in [0.5, 0.6) is 11.5 Å². The maximum Gasteiger partial charge on any atom is 0.251 e. The molecule has 0 radical (unpaired) electrons. The number of amides is 2. The number of benzene rings is 2. The average Bonchev–Trinajstić information content (AvgIpc) is 2.72. The molecule has 0 atom stereocenters. The van der Waals surface area contributed by atoms with Crippen molar-refractivity contribution in [2.45, 2.75) is 6.54 Å². The minimum absolute atomic E-state index is 0.0389. The second kappa shape index (κ2) is 7.57. The van der Waals surface area contributed by atoms with Crippen molar-refractivity contribution in [2.75, 3.05) is 37.7 Å². The zero-order valence-electron chi connectivity index (χ0n) is 14.9. The Balaban J connectivity index is 1.35. The third-order valence-electron chi connectivity index (χ3n) is 4.60. The van der Waals surface area contributed by atoms with Crippen LogP contribution in [0.4, 0.5) is 5.69 Å². The number of anilines is 1. The molecule has 0 unspecified atom stereocenters. The summed E-state index contributed by atoms with van der Waals surface area (Å²) in [6, 6.07) is 13.1. The van der Waals surface area contributed by atoms with E-state index < -0.39 is 0 Å². The number of piperazine rings is 1. The number of ether oxygens (including phenoxy) is 2. The Kier molecular flexibility index (Phi) is 4.82. The van der Waals surface area contributed by atoms with Crippen molar-refractivity contribution in [3.63, 3.8) is 0 Å². The van der Waals surface area contributed by atoms with Gasteiger partial charge in [0.25, 0.3) is 5.91 Å². The van der Waals surface area contributed by atoms with Gasteiger partial charge in [-0.25, -0.2) is 0 Å². The number of hydrogen-bond acceptors (Lipinski definition) is 5. The van der Waals surface area contributed by atoms with Crippen molar-refractivity contribution in [3.05, 3.63) is 53.6 Å². The summed E-state index contributed by atoms with van der Waals surface area (Å²) in [4.78, 5) is 25.9. The lowest BCUT2D eigenvalue weighted by Gasteiger charge is -2.28. The van der Waals surface area contributed by atoms with Crippen LogP contribution in [0.1, 0.15) is 15.9 Å². The lowest BCUT2D eigenvalue weighted by molar-refractivity contribution is -0.120. The summed E-state index contributed by atoms with van der Waals surface area (Å²) in [6.45, 7) is 3.27. The smallest absolute Gasteiger partial charge is 0.251 e. The van der Waals surface area contributed by atoms with E-state index >= 15 is 0 Å². The third kappa shape index (κ3) is 3.97. The molecule has 2 amide bonds. The molecule has 2 aliphatic heterocycles. The monoisotopic (exact) mass is 367 g/mol. The molecule has 0 aromatic heterocycles. The second-order valence-corrected chi connectivity index (χ2v) is 6.48. The molecule has 7 heteroatoms. The van der Waals surface area contributed by atoms with E-state index in [1.54, 1.807) is 18.2 Å². The fraction of sp³-hybridized carbons (Fsp3) is 0.300. The first-order chi connectivity index (χ1) is 13.2. The van der Waals surface area contributed by atoms with Gasteiger partial charge in [0, 0.05) is 30.9 Å². The molecule has 2 heterocycles. The highest BCUT2D eigenvalue weighted by molar-refractivity contribution is 5.94. The molecule has 27 heavy (non-hydrogen) atoms. The van der Waals surface area contributed by atoms with E-state index in [0.717, 1.165) is 17.8 Å². The molecule has 2 aromatic rings. The van der Waals surface area contributed by atoms with Gasteiger partial charge in [-0.05, 0) is 35.9 Å². The van der Waals surface area contributed by atoms with Crippen LogP contribution < -0.4 is 25.0 Å². The van der Waals surface area contributed by atoms with Crippen LogP contribution in [-0.2, 0) is 11.3 Å². The Morgan fingerprint density at radius 3 is 2.63 bits per heavy atom. The van der Waals surface area contributed by atoms with E-state index in [9.17, 15) is 9.59 Å². The Labute approximate surface area is 157 Å². The molecule has 1 fully saturated rings. The molecule has 7 nitrogen and oxygen atoms in total. The first-order valence-corrected chi connectivity index (χ1v) is 8.97. The van der Waals surface area contributed by atoms with Gasteiger partial charge in [0.15, 0.2) is 11.5 Å². The Morgan fingerprint density at radius 2 is 1.85 bits per heavy atom. The SMILES string of the molecule is O=C1CN(c2ccc(CNC(=O)c3ccc4c(c3)OCCO4)cc2)CCN1. The van der Waals surface area contributed by atoms with E-state index in [2.05, 4.69) is 10.6 Å². The van der Waals surface area contributed by atoms with Gasteiger partial charge in [-0.1, -0.05) is 12.1 Å². The summed E-state index contributed by atoms with van der Waals surface area (Å²) in [6.07, 6.45) is 0. The minimum atomic E-state index is -0.163. The summed E-state index contributed by atoms with van der Waals surface area (Å²) in [5, 5.41) is 5.73. The summed E-state index contributed by atoms with van der Waals surface area (Å²) >= 11 is 0. The standard InChI is InChI=1S/C20H21N3O4/c24-19-13-23(8-7-21-19)16-4-1-14(2-5-16)12-22-20(25)15-3-6-17-18(11-15)27-10-9-26-17/h1-6,11H,7-10,12-13H2,(H,21,24)(H,22,25). The molecule has 0 spiro atoms. The van der Waals surface area contributed by atoms with Gasteiger partial charge in [0.05, 0.1) is 6.54 Å². The maximum atomic E-state index is 12.4. The summed E-state index contributed by atoms with van der Waals surface area (Å²) in [7, 11) is 0. The highest BCUT2D eigenvalue weighted by Crippen LogP contribution is 2.30. The first-order valence-electron chi connectivity index (χ1n) is 8.97. The van der Waals surface area contributed by atoms with E-state index in [-0.39, 0.29) is 11.8 Å². The molecule has 1 saturated heterocycles. The van der Waals surface area contributed by atoms with E-state index in [0.29, 0.717) is 49.9 Å². The van der Waals surface area contributed by atoms with Crippen LogP contribution in [0.25, 0.3) is 0 Å². The number of carbonyl (C=O) groups excluding carboxylic acids is 2. The van der Waals surface area contributed by atoms with Crippen molar-refractivity contribution in [3.8, 4) is 11.5 Å². The fourth-order valence-electron chi connectivity index (χ4n) is 3.15. The van der Waals surface area contributed by atoms with E-state index in [1.807, 2.05) is 29.2 Å². The number of nitrogens with zero attached hydrogens (tertiary/aromatic N) is 1. The molecule has 0 bridgehead atoms. The topological polar surface area (TPSA) is 79.9 Å². The van der Waals surface area contributed by atoms with Gasteiger partial charge < -0.3 is 25.0 Å². The minimum Gasteiger partial charge on any atom is -0.486 e. The van der Waals surface area contributed by atoms with Crippen LogP contribution in [0.15, 0.2) is 42.5 Å². The van der Waals surface area contributed by atoms with Crippen molar-refractivity contribution in [1.82, 2.24) is 10.6 Å². The average molecular weight is 367 g/mol. The highest BCUT2D eigenvalue weighted by atomic mass is 16.6. The summed E-state index contributed by atoms with van der Waals surface area (Å²) in [5.41, 5.74) is 2.54. The number of rotatable bonds is 4. The maximum absolute atomic E-state index is 12.4. The van der Waals surface area contributed by atoms with E-state index in [1.165, 1.54) is 0 Å². The molecule has 2 aromatic carbocycles. The quantitative estimate of drug-likeness (QED) is 0.852. The van der Waals surface area contributed by atoms with Crippen LogP contribution in [0.2, 0.25) is 0 Å². The molecule has 0 aliphatic carbocycles. The Hall–Kier alpha value is -3.22. The van der Waals surface area contributed by atoms with Gasteiger partial charge in [0.2, 0.25) is 5.91 Å². The molecule has 2 aliphatic rings. The Morgan fingerprint density at radius 1 is 1.07 bits per heavy atom. The zero-order chi connectivity index (χ0) is 18.6. The number of carbonyl (C=O) groups is 2. The largest absolute Gasteiger partial charge is 0.486 e. The van der Waals surface area contributed by atoms with Gasteiger partial charge in [-0.3, -0.25) is 9.59 Å². The van der Waals surface area contributed by atoms with Crippen LogP contribution >= 0.6 is 0 Å². The molecule has 4 rings (SSSR count). The highest BCUT2D eigenvalue weighted by Gasteiger charge is 2.17. The van der Waals surface area contributed by atoms with E-state index in [4.69, 9.17) is 9.47 Å². The molecule has 0 saturated carbocycles. The fourth-order valence-corrected chi connectivity index (χ4v) is 3.15. The molecule has 140 valence electrons. The third-order valence-corrected chi connectivity index (χ3v) is 4.60. The van der Waals surface area contributed by atoms with Crippen LogP contribution in [-0.4, -0.2) is 44.7 Å². The predicted molar refractivity (Wildman–Crippen MR) is 100 cm³/mol. The van der Waals surface area contributed by atoms with Gasteiger partial charge in [-0.15, -0.1) is 0 Å².